The molecule has 1 saturated heterocycles. The van der Waals surface area contributed by atoms with Gasteiger partial charge in [-0.15, -0.1) is 0 Å². The fraction of sp³-hybridized carbons (Fsp3) is 0.400. The Kier molecular flexibility index (Phi) is 7.70. The summed E-state index contributed by atoms with van der Waals surface area (Å²) < 4.78 is 87.7. The highest BCUT2D eigenvalue weighted by Crippen LogP contribution is 2.30. The Balaban J connectivity index is 1.99. The van der Waals surface area contributed by atoms with Gasteiger partial charge < -0.3 is 10.1 Å². The number of nitrogens with one attached hydrogen (secondary N) is 2. The zero-order valence-corrected chi connectivity index (χ0v) is 19.1. The van der Waals surface area contributed by atoms with E-state index in [1.54, 1.807) is 0 Å². The van der Waals surface area contributed by atoms with E-state index in [-0.39, 0.29) is 36.9 Å². The fourth-order valence-electron chi connectivity index (χ4n) is 3.15. The number of ether oxygens (including phenoxy) is 1. The highest BCUT2D eigenvalue weighted by Gasteiger charge is 2.28. The van der Waals surface area contributed by atoms with Crippen LogP contribution in [0.1, 0.15) is 19.8 Å². The van der Waals surface area contributed by atoms with Crippen LogP contribution in [-0.4, -0.2) is 54.0 Å². The first-order chi connectivity index (χ1) is 15.1. The lowest BCUT2D eigenvalue weighted by atomic mass is 10.2. The molecule has 32 heavy (non-hydrogen) atoms. The zero-order valence-electron chi connectivity index (χ0n) is 17.5. The number of anilines is 2. The smallest absolute Gasteiger partial charge is 0.264 e. The second-order valence-electron chi connectivity index (χ2n) is 7.18. The van der Waals surface area contributed by atoms with Crippen LogP contribution in [0.4, 0.5) is 20.2 Å². The Hall–Kier alpha value is -2.28. The van der Waals surface area contributed by atoms with Crippen LogP contribution in [0.5, 0.6) is 0 Å². The van der Waals surface area contributed by atoms with Crippen molar-refractivity contribution in [2.45, 2.75) is 29.6 Å². The van der Waals surface area contributed by atoms with Crippen molar-refractivity contribution in [2.24, 2.45) is 0 Å². The molecule has 176 valence electrons. The molecule has 1 heterocycles. The number of halogens is 2. The third-order valence-corrected chi connectivity index (χ3v) is 8.17. The van der Waals surface area contributed by atoms with Gasteiger partial charge in [0.05, 0.1) is 29.5 Å². The third-order valence-electron chi connectivity index (χ3n) is 4.87. The van der Waals surface area contributed by atoms with Gasteiger partial charge in [0.2, 0.25) is 10.0 Å². The van der Waals surface area contributed by atoms with Crippen LogP contribution in [0, 0.1) is 11.6 Å². The number of sulfonamides is 2. The Morgan fingerprint density at radius 1 is 1.00 bits per heavy atom. The van der Waals surface area contributed by atoms with E-state index in [0.29, 0.717) is 18.3 Å². The molecule has 0 atom stereocenters. The number of unbranched alkanes of at least 4 members (excludes halogenated alkanes) is 1. The van der Waals surface area contributed by atoms with Crippen molar-refractivity contribution in [2.75, 3.05) is 42.9 Å². The summed E-state index contributed by atoms with van der Waals surface area (Å²) in [7, 11) is -8.35. The second kappa shape index (κ2) is 10.1. The first kappa shape index (κ1) is 24.4. The van der Waals surface area contributed by atoms with Crippen molar-refractivity contribution in [1.82, 2.24) is 4.31 Å². The van der Waals surface area contributed by atoms with Gasteiger partial charge in [0.25, 0.3) is 10.0 Å². The van der Waals surface area contributed by atoms with Gasteiger partial charge in [-0.05, 0) is 36.8 Å². The average Bonchev–Trinajstić information content (AvgIpc) is 2.75. The number of morpholine rings is 1. The van der Waals surface area contributed by atoms with Crippen molar-refractivity contribution in [3.05, 3.63) is 48.0 Å². The number of nitrogens with zero attached hydrogens (tertiary/aromatic N) is 1. The van der Waals surface area contributed by atoms with Crippen LogP contribution in [-0.2, 0) is 24.8 Å². The maximum absolute atomic E-state index is 14.1. The summed E-state index contributed by atoms with van der Waals surface area (Å²) >= 11 is 0. The molecule has 0 aromatic heterocycles. The summed E-state index contributed by atoms with van der Waals surface area (Å²) in [5, 5.41) is 3.06. The first-order valence-electron chi connectivity index (χ1n) is 10.1. The molecule has 2 aromatic carbocycles. The fourth-order valence-corrected chi connectivity index (χ4v) is 5.72. The minimum atomic E-state index is -4.46. The Morgan fingerprint density at radius 2 is 1.72 bits per heavy atom. The van der Waals surface area contributed by atoms with E-state index in [1.165, 1.54) is 22.5 Å². The molecule has 1 aliphatic heterocycles. The molecule has 1 aliphatic rings. The molecule has 0 saturated carbocycles. The van der Waals surface area contributed by atoms with Crippen molar-refractivity contribution in [3.8, 4) is 0 Å². The highest BCUT2D eigenvalue weighted by atomic mass is 32.2. The molecule has 2 aromatic rings. The van der Waals surface area contributed by atoms with Crippen LogP contribution in [0.25, 0.3) is 0 Å². The van der Waals surface area contributed by atoms with Gasteiger partial charge in [-0.25, -0.2) is 25.6 Å². The van der Waals surface area contributed by atoms with Gasteiger partial charge in [0, 0.05) is 25.7 Å². The summed E-state index contributed by atoms with van der Waals surface area (Å²) in [6.45, 7) is 3.39. The Labute approximate surface area is 186 Å². The molecular formula is C20H25F2N3O5S2. The van der Waals surface area contributed by atoms with E-state index >= 15 is 0 Å². The molecule has 1 fully saturated rings. The quantitative estimate of drug-likeness (QED) is 0.525. The Bertz CT molecular complexity index is 1170. The monoisotopic (exact) mass is 489 g/mol. The van der Waals surface area contributed by atoms with E-state index in [0.717, 1.165) is 25.0 Å². The normalized spacial score (nSPS) is 15.5. The predicted molar refractivity (Wildman–Crippen MR) is 117 cm³/mol. The molecular weight excluding hydrogens is 464 g/mol. The minimum absolute atomic E-state index is 0.0563. The summed E-state index contributed by atoms with van der Waals surface area (Å²) in [6, 6.07) is 6.15. The summed E-state index contributed by atoms with van der Waals surface area (Å²) in [4.78, 5) is -0.863. The first-order valence-corrected chi connectivity index (χ1v) is 13.0. The largest absolute Gasteiger partial charge is 0.383 e. The van der Waals surface area contributed by atoms with E-state index in [2.05, 4.69) is 10.0 Å². The van der Waals surface area contributed by atoms with Gasteiger partial charge in [-0.1, -0.05) is 13.3 Å². The van der Waals surface area contributed by atoms with E-state index in [9.17, 15) is 25.6 Å². The zero-order chi connectivity index (χ0) is 23.4. The predicted octanol–water partition coefficient (Wildman–Crippen LogP) is 3.00. The van der Waals surface area contributed by atoms with Crippen LogP contribution in [0.15, 0.2) is 46.2 Å². The number of hydrogen-bond acceptors (Lipinski definition) is 6. The van der Waals surface area contributed by atoms with Crippen LogP contribution >= 0.6 is 0 Å². The SMILES string of the molecule is CCCCNc1ccc(S(=O)(=O)N2CCOCC2)cc1NS(=O)(=O)c1ccc(F)cc1F. The summed E-state index contributed by atoms with van der Waals surface area (Å²) in [6.07, 6.45) is 1.69. The molecule has 0 unspecified atom stereocenters. The lowest BCUT2D eigenvalue weighted by Gasteiger charge is -2.26. The maximum atomic E-state index is 14.1. The second-order valence-corrected chi connectivity index (χ2v) is 10.8. The molecule has 3 rings (SSSR count). The number of hydrogen-bond donors (Lipinski definition) is 2. The van der Waals surface area contributed by atoms with Gasteiger partial charge in [0.1, 0.15) is 16.5 Å². The number of rotatable bonds is 9. The minimum Gasteiger partial charge on any atom is -0.383 e. The van der Waals surface area contributed by atoms with Crippen molar-refractivity contribution in [3.63, 3.8) is 0 Å². The van der Waals surface area contributed by atoms with E-state index < -0.39 is 36.6 Å². The average molecular weight is 490 g/mol. The number of benzene rings is 2. The van der Waals surface area contributed by atoms with Crippen molar-refractivity contribution in [1.29, 1.82) is 0 Å². The van der Waals surface area contributed by atoms with E-state index in [1.807, 2.05) is 6.92 Å². The molecule has 0 spiro atoms. The van der Waals surface area contributed by atoms with E-state index in [4.69, 9.17) is 4.74 Å². The van der Waals surface area contributed by atoms with Crippen LogP contribution < -0.4 is 10.0 Å². The molecule has 0 aliphatic carbocycles. The highest BCUT2D eigenvalue weighted by molar-refractivity contribution is 7.92. The topological polar surface area (TPSA) is 105 Å². The molecule has 12 heteroatoms. The molecule has 0 amide bonds. The summed E-state index contributed by atoms with van der Waals surface area (Å²) in [5.74, 6) is -2.17. The lowest BCUT2D eigenvalue weighted by molar-refractivity contribution is 0.0730. The molecule has 8 nitrogen and oxygen atoms in total. The lowest BCUT2D eigenvalue weighted by Crippen LogP contribution is -2.40. The molecule has 0 bridgehead atoms. The third kappa shape index (κ3) is 5.55. The van der Waals surface area contributed by atoms with Crippen molar-refractivity contribution < 1.29 is 30.4 Å². The van der Waals surface area contributed by atoms with Crippen LogP contribution in [0.3, 0.4) is 0 Å². The van der Waals surface area contributed by atoms with Gasteiger partial charge in [0.15, 0.2) is 0 Å². The molecule has 2 N–H and O–H groups in total. The van der Waals surface area contributed by atoms with Crippen LogP contribution in [0.2, 0.25) is 0 Å². The standard InChI is InChI=1S/C20H25F2N3O5S2/c1-2-3-8-23-18-6-5-16(32(28,29)25-9-11-30-12-10-25)14-19(18)24-31(26,27)20-7-4-15(21)13-17(20)22/h4-7,13-14,23-24H,2-3,8-12H2,1H3. The van der Waals surface area contributed by atoms with Crippen molar-refractivity contribution >= 4 is 31.4 Å². The molecule has 0 radical (unpaired) electrons. The summed E-state index contributed by atoms with van der Waals surface area (Å²) in [5.41, 5.74) is 0.282. The van der Waals surface area contributed by atoms with Gasteiger partial charge in [-0.3, -0.25) is 4.72 Å². The maximum Gasteiger partial charge on any atom is 0.264 e. The van der Waals surface area contributed by atoms with Gasteiger partial charge in [-0.2, -0.15) is 4.31 Å². The Morgan fingerprint density at radius 3 is 2.38 bits per heavy atom. The van der Waals surface area contributed by atoms with Gasteiger partial charge >= 0.3 is 0 Å².